The van der Waals surface area contributed by atoms with Gasteiger partial charge in [-0.2, -0.15) is 0 Å². The molecule has 1 aliphatic carbocycles. The minimum absolute atomic E-state index is 0.235. The zero-order valence-corrected chi connectivity index (χ0v) is 13.5. The molecule has 22 heavy (non-hydrogen) atoms. The van der Waals surface area contributed by atoms with E-state index in [2.05, 4.69) is 4.99 Å². The van der Waals surface area contributed by atoms with Gasteiger partial charge in [-0.3, -0.25) is 9.79 Å². The zero-order chi connectivity index (χ0) is 15.9. The number of allylic oxidation sites excluding steroid dienone is 4. The van der Waals surface area contributed by atoms with Crippen LogP contribution < -0.4 is 5.73 Å². The number of benzene rings is 1. The van der Waals surface area contributed by atoms with Gasteiger partial charge in [-0.1, -0.05) is 41.4 Å². The van der Waals surface area contributed by atoms with Crippen molar-refractivity contribution in [1.82, 2.24) is 4.90 Å². The van der Waals surface area contributed by atoms with E-state index in [1.807, 2.05) is 24.3 Å². The summed E-state index contributed by atoms with van der Waals surface area (Å²) in [6.45, 7) is 0. The van der Waals surface area contributed by atoms with Crippen LogP contribution in [0.4, 0.5) is 0 Å². The number of halogens is 2. The Hall–Kier alpha value is -1.62. The molecule has 2 N–H and O–H groups in total. The third-order valence-corrected chi connectivity index (χ3v) is 4.48. The van der Waals surface area contributed by atoms with Crippen LogP contribution in [0.25, 0.3) is 0 Å². The Bertz CT molecular complexity index is 737. The van der Waals surface area contributed by atoms with Crippen molar-refractivity contribution in [2.24, 2.45) is 10.7 Å². The lowest BCUT2D eigenvalue weighted by Gasteiger charge is -2.25. The number of nitrogens with two attached hydrogens (primary N) is 1. The Balaban J connectivity index is 2.25. The Morgan fingerprint density at radius 1 is 1.27 bits per heavy atom. The second-order valence-electron chi connectivity index (χ2n) is 5.25. The molecule has 1 heterocycles. The second-order valence-corrected chi connectivity index (χ2v) is 6.14. The van der Waals surface area contributed by atoms with E-state index in [0.717, 1.165) is 21.9 Å². The SMILES string of the molecule is CN1C(=O)C(N)N=C(c2ccccc2Cl)C2=C1CCC(Cl)=C2. The monoisotopic (exact) mass is 335 g/mol. The van der Waals surface area contributed by atoms with Gasteiger partial charge in [0.2, 0.25) is 0 Å². The van der Waals surface area contributed by atoms with Crippen LogP contribution in [0.15, 0.2) is 51.6 Å². The first kappa shape index (κ1) is 15.3. The van der Waals surface area contributed by atoms with Gasteiger partial charge >= 0.3 is 0 Å². The van der Waals surface area contributed by atoms with Gasteiger partial charge in [0.15, 0.2) is 6.17 Å². The van der Waals surface area contributed by atoms with Crippen molar-refractivity contribution in [2.75, 3.05) is 7.05 Å². The standard InChI is InChI=1S/C16H15Cl2N3O/c1-21-13-7-6-9(17)8-11(13)14(20-15(19)16(21)22)10-4-2-3-5-12(10)18/h2-5,8,15H,6-7,19H2,1H3. The molecular formula is C16H15Cl2N3O. The van der Waals surface area contributed by atoms with E-state index in [1.165, 1.54) is 0 Å². The smallest absolute Gasteiger partial charge is 0.265 e. The van der Waals surface area contributed by atoms with Gasteiger partial charge < -0.3 is 10.6 Å². The summed E-state index contributed by atoms with van der Waals surface area (Å²) in [6.07, 6.45) is 2.27. The Morgan fingerprint density at radius 2 is 2.00 bits per heavy atom. The second kappa shape index (κ2) is 5.88. The summed E-state index contributed by atoms with van der Waals surface area (Å²) in [5.41, 5.74) is 8.98. The maximum Gasteiger partial charge on any atom is 0.265 e. The van der Waals surface area contributed by atoms with Crippen molar-refractivity contribution in [2.45, 2.75) is 19.0 Å². The molecule has 0 spiro atoms. The number of likely N-dealkylation sites (N-methyl/N-ethyl adjacent to an activating group) is 1. The third-order valence-electron chi connectivity index (χ3n) is 3.85. The third kappa shape index (κ3) is 2.58. The molecule has 0 bridgehead atoms. The van der Waals surface area contributed by atoms with Gasteiger partial charge in [-0.15, -0.1) is 0 Å². The lowest BCUT2D eigenvalue weighted by molar-refractivity contribution is -0.129. The van der Waals surface area contributed by atoms with Gasteiger partial charge in [-0.05, 0) is 25.0 Å². The van der Waals surface area contributed by atoms with Crippen LogP contribution in [0.5, 0.6) is 0 Å². The summed E-state index contributed by atoms with van der Waals surface area (Å²) in [6, 6.07) is 7.37. The molecule has 1 aromatic rings. The Kier molecular flexibility index (Phi) is 4.08. The van der Waals surface area contributed by atoms with Crippen LogP contribution >= 0.6 is 23.2 Å². The number of carbonyl (C=O) groups excluding carboxylic acids is 1. The number of aliphatic imine (C=N–C) groups is 1. The number of carbonyl (C=O) groups is 1. The van der Waals surface area contributed by atoms with Crippen molar-refractivity contribution < 1.29 is 4.79 Å². The van der Waals surface area contributed by atoms with Crippen molar-refractivity contribution in [3.05, 3.63) is 57.2 Å². The zero-order valence-electron chi connectivity index (χ0n) is 12.0. The van der Waals surface area contributed by atoms with Crippen molar-refractivity contribution in [1.29, 1.82) is 0 Å². The van der Waals surface area contributed by atoms with E-state index in [1.54, 1.807) is 18.0 Å². The summed E-state index contributed by atoms with van der Waals surface area (Å²) in [4.78, 5) is 18.3. The highest BCUT2D eigenvalue weighted by atomic mass is 35.5. The lowest BCUT2D eigenvalue weighted by Crippen LogP contribution is -2.39. The average Bonchev–Trinajstić information content (AvgIpc) is 2.59. The molecule has 0 saturated carbocycles. The van der Waals surface area contributed by atoms with E-state index in [9.17, 15) is 4.79 Å². The molecule has 1 atom stereocenters. The number of nitrogens with zero attached hydrogens (tertiary/aromatic N) is 2. The molecule has 0 aromatic heterocycles. The van der Waals surface area contributed by atoms with Crippen LogP contribution in [0, 0.1) is 0 Å². The highest BCUT2D eigenvalue weighted by Gasteiger charge is 2.31. The van der Waals surface area contributed by atoms with Gasteiger partial charge in [0, 0.05) is 33.9 Å². The Labute approximate surface area is 138 Å². The summed E-state index contributed by atoms with van der Waals surface area (Å²) in [5.74, 6) is -0.235. The molecule has 0 radical (unpaired) electrons. The fourth-order valence-corrected chi connectivity index (χ4v) is 3.13. The van der Waals surface area contributed by atoms with Gasteiger partial charge in [0.05, 0.1) is 5.71 Å². The first-order valence-corrected chi connectivity index (χ1v) is 7.70. The molecule has 114 valence electrons. The first-order chi connectivity index (χ1) is 10.5. The van der Waals surface area contributed by atoms with Gasteiger partial charge in [0.1, 0.15) is 0 Å². The van der Waals surface area contributed by atoms with Crippen LogP contribution in [-0.2, 0) is 4.79 Å². The number of rotatable bonds is 1. The van der Waals surface area contributed by atoms with Crippen LogP contribution in [0.1, 0.15) is 18.4 Å². The molecule has 4 nitrogen and oxygen atoms in total. The molecule has 0 fully saturated rings. The van der Waals surface area contributed by atoms with Gasteiger partial charge in [-0.25, -0.2) is 0 Å². The highest BCUT2D eigenvalue weighted by Crippen LogP contribution is 2.33. The van der Waals surface area contributed by atoms with Crippen LogP contribution in [0.2, 0.25) is 5.02 Å². The van der Waals surface area contributed by atoms with Crippen LogP contribution in [-0.4, -0.2) is 29.7 Å². The van der Waals surface area contributed by atoms with Crippen molar-refractivity contribution in [3.8, 4) is 0 Å². The lowest BCUT2D eigenvalue weighted by atomic mass is 9.94. The largest absolute Gasteiger partial charge is 0.316 e. The molecular weight excluding hydrogens is 321 g/mol. The van der Waals surface area contributed by atoms with E-state index >= 15 is 0 Å². The average molecular weight is 336 g/mol. The van der Waals surface area contributed by atoms with Crippen molar-refractivity contribution in [3.63, 3.8) is 0 Å². The minimum Gasteiger partial charge on any atom is -0.316 e. The fraction of sp³-hybridized carbons (Fsp3) is 0.250. The van der Waals surface area contributed by atoms with E-state index in [0.29, 0.717) is 23.6 Å². The predicted octanol–water partition coefficient (Wildman–Crippen LogP) is 3.06. The van der Waals surface area contributed by atoms with Gasteiger partial charge in [0.25, 0.3) is 5.91 Å². The van der Waals surface area contributed by atoms with E-state index in [-0.39, 0.29) is 5.91 Å². The maximum absolute atomic E-state index is 12.3. The highest BCUT2D eigenvalue weighted by molar-refractivity contribution is 6.36. The van der Waals surface area contributed by atoms with E-state index in [4.69, 9.17) is 28.9 Å². The predicted molar refractivity (Wildman–Crippen MR) is 88.9 cm³/mol. The molecule has 1 aromatic carbocycles. The summed E-state index contributed by atoms with van der Waals surface area (Å²) in [7, 11) is 1.72. The summed E-state index contributed by atoms with van der Waals surface area (Å²) >= 11 is 12.5. The first-order valence-electron chi connectivity index (χ1n) is 6.94. The molecule has 1 amide bonds. The number of hydrogen-bond donors (Lipinski definition) is 1. The van der Waals surface area contributed by atoms with Crippen LogP contribution in [0.3, 0.4) is 0 Å². The summed E-state index contributed by atoms with van der Waals surface area (Å²) in [5, 5.41) is 1.29. The van der Waals surface area contributed by atoms with E-state index < -0.39 is 6.17 Å². The quantitative estimate of drug-likeness (QED) is 0.857. The number of hydrogen-bond acceptors (Lipinski definition) is 3. The fourth-order valence-electron chi connectivity index (χ4n) is 2.70. The molecule has 1 aliphatic heterocycles. The topological polar surface area (TPSA) is 58.7 Å². The number of amides is 1. The summed E-state index contributed by atoms with van der Waals surface area (Å²) < 4.78 is 0. The molecule has 1 unspecified atom stereocenters. The maximum atomic E-state index is 12.3. The molecule has 0 saturated heterocycles. The Morgan fingerprint density at radius 3 is 2.73 bits per heavy atom. The molecule has 2 aliphatic rings. The minimum atomic E-state index is -0.950. The molecule has 6 heteroatoms. The van der Waals surface area contributed by atoms with Crippen molar-refractivity contribution >= 4 is 34.8 Å². The normalized spacial score (nSPS) is 22.1. The molecule has 3 rings (SSSR count).